The smallest absolute Gasteiger partial charge is 0.168 e. The highest BCUT2D eigenvalue weighted by molar-refractivity contribution is 7.98. The first-order valence-corrected chi connectivity index (χ1v) is 7.13. The van der Waals surface area contributed by atoms with Crippen LogP contribution in [0.3, 0.4) is 0 Å². The Labute approximate surface area is 111 Å². The molecule has 18 heavy (non-hydrogen) atoms. The van der Waals surface area contributed by atoms with E-state index < -0.39 is 0 Å². The standard InChI is InChI=1S/C14H16N2OS/c1-18-14-15-9-10-16(14)11-13(17)8-7-12-5-3-2-4-6-12/h2-6,9-10H,7-8,11H2,1H3. The summed E-state index contributed by atoms with van der Waals surface area (Å²) in [5.74, 6) is 0.243. The zero-order valence-corrected chi connectivity index (χ0v) is 11.2. The fourth-order valence-corrected chi connectivity index (χ4v) is 2.33. The molecule has 0 unspecified atom stereocenters. The number of imidazole rings is 1. The fourth-order valence-electron chi connectivity index (χ4n) is 1.80. The molecule has 0 bridgehead atoms. The Morgan fingerprint density at radius 3 is 2.83 bits per heavy atom. The molecule has 1 heterocycles. The number of Topliss-reactive ketones (excluding diaryl/α,β-unsaturated/α-hetero) is 1. The summed E-state index contributed by atoms with van der Waals surface area (Å²) in [6, 6.07) is 10.1. The minimum absolute atomic E-state index is 0.243. The van der Waals surface area contributed by atoms with E-state index in [1.165, 1.54) is 5.56 Å². The van der Waals surface area contributed by atoms with E-state index in [0.717, 1.165) is 11.6 Å². The summed E-state index contributed by atoms with van der Waals surface area (Å²) in [7, 11) is 0. The molecule has 94 valence electrons. The van der Waals surface area contributed by atoms with Gasteiger partial charge in [0.05, 0.1) is 6.54 Å². The highest BCUT2D eigenvalue weighted by Crippen LogP contribution is 2.12. The van der Waals surface area contributed by atoms with Crippen molar-refractivity contribution in [1.82, 2.24) is 9.55 Å². The quantitative estimate of drug-likeness (QED) is 0.749. The van der Waals surface area contributed by atoms with Crippen molar-refractivity contribution < 1.29 is 4.79 Å². The Kier molecular flexibility index (Phi) is 4.59. The van der Waals surface area contributed by atoms with Gasteiger partial charge < -0.3 is 4.57 Å². The first kappa shape index (κ1) is 12.9. The predicted molar refractivity (Wildman–Crippen MR) is 73.8 cm³/mol. The second-order valence-corrected chi connectivity index (χ2v) is 4.84. The molecule has 1 aromatic carbocycles. The average Bonchev–Trinajstić information content (AvgIpc) is 2.85. The van der Waals surface area contributed by atoms with Crippen molar-refractivity contribution in [2.45, 2.75) is 24.5 Å². The molecule has 0 N–H and O–H groups in total. The van der Waals surface area contributed by atoms with Crippen LogP contribution >= 0.6 is 11.8 Å². The van der Waals surface area contributed by atoms with Gasteiger partial charge in [-0.25, -0.2) is 4.98 Å². The largest absolute Gasteiger partial charge is 0.319 e. The number of aryl methyl sites for hydroxylation is 1. The predicted octanol–water partition coefficient (Wildman–Crippen LogP) is 2.81. The van der Waals surface area contributed by atoms with E-state index in [-0.39, 0.29) is 5.78 Å². The van der Waals surface area contributed by atoms with Gasteiger partial charge in [-0.05, 0) is 18.2 Å². The third-order valence-electron chi connectivity index (χ3n) is 2.74. The molecule has 0 radical (unpaired) electrons. The van der Waals surface area contributed by atoms with E-state index >= 15 is 0 Å². The van der Waals surface area contributed by atoms with Gasteiger partial charge in [0, 0.05) is 18.8 Å². The Balaban J connectivity index is 1.86. The van der Waals surface area contributed by atoms with Crippen LogP contribution in [0.15, 0.2) is 47.9 Å². The SMILES string of the molecule is CSc1nccn1CC(=O)CCc1ccccc1. The monoisotopic (exact) mass is 260 g/mol. The van der Waals surface area contributed by atoms with Gasteiger partial charge in [-0.1, -0.05) is 42.1 Å². The van der Waals surface area contributed by atoms with E-state index in [9.17, 15) is 4.79 Å². The average molecular weight is 260 g/mol. The molecule has 0 atom stereocenters. The summed E-state index contributed by atoms with van der Waals surface area (Å²) in [6.45, 7) is 0.420. The summed E-state index contributed by atoms with van der Waals surface area (Å²) in [5.41, 5.74) is 1.21. The van der Waals surface area contributed by atoms with E-state index in [4.69, 9.17) is 0 Å². The summed E-state index contributed by atoms with van der Waals surface area (Å²) >= 11 is 1.56. The van der Waals surface area contributed by atoms with Gasteiger partial charge in [-0.15, -0.1) is 0 Å². The number of thioether (sulfide) groups is 1. The lowest BCUT2D eigenvalue weighted by molar-refractivity contribution is -0.119. The normalized spacial score (nSPS) is 10.5. The van der Waals surface area contributed by atoms with Gasteiger partial charge in [0.15, 0.2) is 10.9 Å². The molecule has 0 spiro atoms. The van der Waals surface area contributed by atoms with Crippen molar-refractivity contribution >= 4 is 17.5 Å². The molecule has 0 aliphatic heterocycles. The van der Waals surface area contributed by atoms with Crippen molar-refractivity contribution in [3.05, 3.63) is 48.3 Å². The fraction of sp³-hybridized carbons (Fsp3) is 0.286. The Morgan fingerprint density at radius 2 is 2.11 bits per heavy atom. The molecule has 2 rings (SSSR count). The summed E-state index contributed by atoms with van der Waals surface area (Å²) in [5, 5.41) is 0.892. The van der Waals surface area contributed by atoms with Crippen molar-refractivity contribution in [2.24, 2.45) is 0 Å². The van der Waals surface area contributed by atoms with Crippen LogP contribution in [0.25, 0.3) is 0 Å². The zero-order valence-electron chi connectivity index (χ0n) is 10.4. The molecule has 3 nitrogen and oxygen atoms in total. The van der Waals surface area contributed by atoms with Crippen LogP contribution in [0.2, 0.25) is 0 Å². The van der Waals surface area contributed by atoms with Crippen LogP contribution in [-0.4, -0.2) is 21.6 Å². The number of benzene rings is 1. The molecule has 0 amide bonds. The Morgan fingerprint density at radius 1 is 1.33 bits per heavy atom. The van der Waals surface area contributed by atoms with Crippen LogP contribution in [0, 0.1) is 0 Å². The molecule has 0 saturated heterocycles. The Bertz CT molecular complexity index is 508. The molecule has 0 aliphatic rings. The second-order valence-electron chi connectivity index (χ2n) is 4.07. The molecule has 0 aliphatic carbocycles. The van der Waals surface area contributed by atoms with Crippen LogP contribution in [0.1, 0.15) is 12.0 Å². The lowest BCUT2D eigenvalue weighted by Gasteiger charge is -2.05. The van der Waals surface area contributed by atoms with Gasteiger partial charge in [-0.3, -0.25) is 4.79 Å². The van der Waals surface area contributed by atoms with Gasteiger partial charge in [0.2, 0.25) is 0 Å². The zero-order chi connectivity index (χ0) is 12.8. The van der Waals surface area contributed by atoms with Gasteiger partial charge >= 0.3 is 0 Å². The van der Waals surface area contributed by atoms with E-state index in [1.807, 2.05) is 35.2 Å². The summed E-state index contributed by atoms with van der Waals surface area (Å²) in [6.07, 6.45) is 6.94. The van der Waals surface area contributed by atoms with E-state index in [0.29, 0.717) is 13.0 Å². The molecule has 4 heteroatoms. The maximum atomic E-state index is 11.9. The number of aromatic nitrogens is 2. The molecule has 0 fully saturated rings. The van der Waals surface area contributed by atoms with Crippen LogP contribution < -0.4 is 0 Å². The van der Waals surface area contributed by atoms with Crippen molar-refractivity contribution in [3.8, 4) is 0 Å². The summed E-state index contributed by atoms with van der Waals surface area (Å²) in [4.78, 5) is 16.1. The second kappa shape index (κ2) is 6.40. The Hall–Kier alpha value is -1.55. The summed E-state index contributed by atoms with van der Waals surface area (Å²) < 4.78 is 1.90. The van der Waals surface area contributed by atoms with Gasteiger partial charge in [0.1, 0.15) is 0 Å². The number of rotatable bonds is 6. The topological polar surface area (TPSA) is 34.9 Å². The first-order chi connectivity index (χ1) is 8.79. The minimum Gasteiger partial charge on any atom is -0.319 e. The maximum absolute atomic E-state index is 11.9. The van der Waals surface area contributed by atoms with Crippen molar-refractivity contribution in [1.29, 1.82) is 0 Å². The third-order valence-corrected chi connectivity index (χ3v) is 3.45. The number of ketones is 1. The van der Waals surface area contributed by atoms with Crippen LogP contribution in [0.5, 0.6) is 0 Å². The third kappa shape index (κ3) is 3.47. The highest BCUT2D eigenvalue weighted by Gasteiger charge is 2.07. The van der Waals surface area contributed by atoms with Crippen molar-refractivity contribution in [3.63, 3.8) is 0 Å². The van der Waals surface area contributed by atoms with Gasteiger partial charge in [-0.2, -0.15) is 0 Å². The number of hydrogen-bond acceptors (Lipinski definition) is 3. The minimum atomic E-state index is 0.243. The number of hydrogen-bond donors (Lipinski definition) is 0. The molecule has 0 saturated carbocycles. The first-order valence-electron chi connectivity index (χ1n) is 5.90. The van der Waals surface area contributed by atoms with Crippen LogP contribution in [-0.2, 0) is 17.8 Å². The molecule has 1 aromatic heterocycles. The number of carbonyl (C=O) groups is 1. The van der Waals surface area contributed by atoms with Gasteiger partial charge in [0.25, 0.3) is 0 Å². The lowest BCUT2D eigenvalue weighted by Crippen LogP contribution is -2.11. The number of carbonyl (C=O) groups excluding carboxylic acids is 1. The maximum Gasteiger partial charge on any atom is 0.168 e. The molecule has 2 aromatic rings. The number of nitrogens with zero attached hydrogens (tertiary/aromatic N) is 2. The van der Waals surface area contributed by atoms with Crippen molar-refractivity contribution in [2.75, 3.05) is 6.26 Å². The molecular weight excluding hydrogens is 244 g/mol. The molecular formula is C14H16N2OS. The van der Waals surface area contributed by atoms with E-state index in [2.05, 4.69) is 17.1 Å². The van der Waals surface area contributed by atoms with Crippen LogP contribution in [0.4, 0.5) is 0 Å². The highest BCUT2D eigenvalue weighted by atomic mass is 32.2. The lowest BCUT2D eigenvalue weighted by atomic mass is 10.1. The van der Waals surface area contributed by atoms with E-state index in [1.54, 1.807) is 18.0 Å².